The fourth-order valence-corrected chi connectivity index (χ4v) is 9.92. The third-order valence-electron chi connectivity index (χ3n) is 14.6. The van der Waals surface area contributed by atoms with Gasteiger partial charge in [-0.25, -0.2) is 0 Å². The van der Waals surface area contributed by atoms with Crippen molar-refractivity contribution in [1.29, 1.82) is 0 Å². The molecule has 4 heteroatoms. The highest BCUT2D eigenvalue weighted by Crippen LogP contribution is 2.15. The zero-order valence-corrected chi connectivity index (χ0v) is 45.8. The van der Waals surface area contributed by atoms with E-state index in [4.69, 9.17) is 0 Å². The van der Waals surface area contributed by atoms with Crippen LogP contribution in [-0.4, -0.2) is 86.7 Å². The van der Waals surface area contributed by atoms with Gasteiger partial charge in [0.05, 0.1) is 0 Å². The van der Waals surface area contributed by atoms with Crippen LogP contribution in [0.4, 0.5) is 0 Å². The third-order valence-corrected chi connectivity index (χ3v) is 14.6. The van der Waals surface area contributed by atoms with E-state index < -0.39 is 0 Å². The number of hydrogen-bond donors (Lipinski definition) is 1. The summed E-state index contributed by atoms with van der Waals surface area (Å²) >= 11 is 0. The summed E-state index contributed by atoms with van der Waals surface area (Å²) in [5.41, 5.74) is 0. The van der Waals surface area contributed by atoms with Crippen molar-refractivity contribution < 1.29 is 0 Å². The van der Waals surface area contributed by atoms with Crippen molar-refractivity contribution in [2.75, 3.05) is 72.0 Å². The van der Waals surface area contributed by atoms with Gasteiger partial charge in [-0.15, -0.1) is 0 Å². The minimum Gasteiger partial charge on any atom is -0.314 e. The largest absolute Gasteiger partial charge is 0.314 e. The molecule has 66 heavy (non-hydrogen) atoms. The number of allylic oxidation sites excluding steroid dienone is 6. The van der Waals surface area contributed by atoms with Gasteiger partial charge in [-0.1, -0.05) is 231 Å². The molecule has 0 bridgehead atoms. The van der Waals surface area contributed by atoms with Crippen molar-refractivity contribution in [2.24, 2.45) is 0 Å². The number of rotatable bonds is 54. The second kappa shape index (κ2) is 55.0. The molecule has 1 saturated heterocycles. The molecule has 0 aromatic carbocycles. The molecule has 1 heterocycles. The van der Waals surface area contributed by atoms with Crippen molar-refractivity contribution >= 4 is 0 Å². The lowest BCUT2D eigenvalue weighted by Gasteiger charge is -2.32. The topological polar surface area (TPSA) is 21.8 Å². The summed E-state index contributed by atoms with van der Waals surface area (Å²) in [6.07, 6.45) is 73.3. The molecule has 0 amide bonds. The highest BCUT2D eigenvalue weighted by molar-refractivity contribution is 4.83. The van der Waals surface area contributed by atoms with E-state index in [1.165, 1.54) is 329 Å². The van der Waals surface area contributed by atoms with Crippen molar-refractivity contribution in [3.8, 4) is 0 Å². The Hall–Kier alpha value is -0.940. The van der Waals surface area contributed by atoms with Crippen LogP contribution >= 0.6 is 0 Å². The van der Waals surface area contributed by atoms with Crippen LogP contribution < -0.4 is 5.32 Å². The molecule has 0 radical (unpaired) electrons. The van der Waals surface area contributed by atoms with E-state index in [9.17, 15) is 0 Å². The summed E-state index contributed by atoms with van der Waals surface area (Å²) in [7, 11) is 0. The van der Waals surface area contributed by atoms with Crippen LogP contribution in [0.3, 0.4) is 0 Å². The van der Waals surface area contributed by atoms with Crippen LogP contribution in [0.2, 0.25) is 0 Å². The molecule has 0 spiro atoms. The molecule has 0 atom stereocenters. The normalized spacial score (nSPS) is 14.0. The summed E-state index contributed by atoms with van der Waals surface area (Å²) in [6.45, 7) is 20.6. The lowest BCUT2D eigenvalue weighted by Crippen LogP contribution is -2.47. The molecule has 1 fully saturated rings. The standard InChI is InChI=1S/C62H122N4/c1-4-7-10-13-16-19-22-25-28-31-34-37-40-43-46-49-54-64(55-50-47-44-41-38-35-32-29-26-23-20-17-14-11-8-5-2)59-60-65(61-62-66-57-52-63-53-58-66)56-51-48-45-42-39-36-33-30-27-24-21-18-15-12-9-6-3/h25-30,63H,4-24,31-62H2,1-3H3/b28-25-,29-26-,30-27-. The van der Waals surface area contributed by atoms with E-state index in [1.54, 1.807) is 0 Å². The fourth-order valence-electron chi connectivity index (χ4n) is 9.92. The number of piperazine rings is 1. The van der Waals surface area contributed by atoms with E-state index in [2.05, 4.69) is 77.2 Å². The van der Waals surface area contributed by atoms with Crippen molar-refractivity contribution in [1.82, 2.24) is 20.0 Å². The van der Waals surface area contributed by atoms with Crippen LogP contribution in [0.15, 0.2) is 36.5 Å². The average molecular weight is 924 g/mol. The molecule has 0 aromatic heterocycles. The fraction of sp³-hybridized carbons (Fsp3) is 0.903. The zero-order chi connectivity index (χ0) is 47.2. The summed E-state index contributed by atoms with van der Waals surface area (Å²) in [5.74, 6) is 0. The molecule has 1 aliphatic heterocycles. The van der Waals surface area contributed by atoms with Crippen LogP contribution in [0.1, 0.15) is 290 Å². The quantitative estimate of drug-likeness (QED) is 0.0485. The van der Waals surface area contributed by atoms with Gasteiger partial charge < -0.3 is 15.1 Å². The van der Waals surface area contributed by atoms with Gasteiger partial charge in [-0.05, 0) is 116 Å². The predicted molar refractivity (Wildman–Crippen MR) is 301 cm³/mol. The van der Waals surface area contributed by atoms with Crippen LogP contribution in [-0.2, 0) is 0 Å². The second-order valence-corrected chi connectivity index (χ2v) is 21.1. The van der Waals surface area contributed by atoms with Gasteiger partial charge >= 0.3 is 0 Å². The highest BCUT2D eigenvalue weighted by Gasteiger charge is 2.14. The van der Waals surface area contributed by atoms with Crippen LogP contribution in [0, 0.1) is 0 Å². The lowest BCUT2D eigenvalue weighted by molar-refractivity contribution is 0.163. The van der Waals surface area contributed by atoms with Gasteiger partial charge in [0.2, 0.25) is 0 Å². The van der Waals surface area contributed by atoms with Gasteiger partial charge in [0.1, 0.15) is 0 Å². The average Bonchev–Trinajstić information content (AvgIpc) is 3.34. The summed E-state index contributed by atoms with van der Waals surface area (Å²) in [4.78, 5) is 8.47. The van der Waals surface area contributed by atoms with Crippen molar-refractivity contribution in [2.45, 2.75) is 290 Å². The first-order valence-electron chi connectivity index (χ1n) is 30.6. The predicted octanol–water partition coefficient (Wildman–Crippen LogP) is 18.6. The van der Waals surface area contributed by atoms with Crippen LogP contribution in [0.5, 0.6) is 0 Å². The molecule has 1 aliphatic rings. The Kier molecular flexibility index (Phi) is 52.6. The number of unbranched alkanes of at least 4 members (excludes halogenated alkanes) is 36. The van der Waals surface area contributed by atoms with Gasteiger partial charge in [-0.2, -0.15) is 0 Å². The summed E-state index contributed by atoms with van der Waals surface area (Å²) in [6, 6.07) is 0. The lowest BCUT2D eigenvalue weighted by atomic mass is 10.1. The van der Waals surface area contributed by atoms with E-state index >= 15 is 0 Å². The zero-order valence-electron chi connectivity index (χ0n) is 45.8. The first kappa shape index (κ1) is 63.1. The van der Waals surface area contributed by atoms with Crippen molar-refractivity contribution in [3.63, 3.8) is 0 Å². The Labute approximate surface area is 417 Å². The SMILES string of the molecule is CCCCCCCC/C=C\CCCCCCCCN(CCCCCCCC/C=C\CCCCCCCC)CCN(CCCCCCCC/C=C\CCCCCCCC)CCN1CCNCC1. The molecule has 1 N–H and O–H groups in total. The summed E-state index contributed by atoms with van der Waals surface area (Å²) in [5, 5.41) is 3.57. The van der Waals surface area contributed by atoms with Gasteiger partial charge in [0, 0.05) is 52.4 Å². The maximum absolute atomic E-state index is 3.57. The van der Waals surface area contributed by atoms with E-state index in [-0.39, 0.29) is 0 Å². The maximum Gasteiger partial charge on any atom is 0.0110 e. The highest BCUT2D eigenvalue weighted by atomic mass is 15.2. The molecule has 0 aromatic rings. The molecule has 0 aliphatic carbocycles. The van der Waals surface area contributed by atoms with Crippen molar-refractivity contribution in [3.05, 3.63) is 36.5 Å². The number of nitrogens with zero attached hydrogens (tertiary/aromatic N) is 3. The monoisotopic (exact) mass is 923 g/mol. The number of hydrogen-bond acceptors (Lipinski definition) is 4. The Morgan fingerprint density at radius 2 is 0.530 bits per heavy atom. The third kappa shape index (κ3) is 48.1. The molecular weight excluding hydrogens is 801 g/mol. The van der Waals surface area contributed by atoms with Gasteiger partial charge in [0.15, 0.2) is 0 Å². The summed E-state index contributed by atoms with van der Waals surface area (Å²) < 4.78 is 0. The smallest absolute Gasteiger partial charge is 0.0110 e. The first-order chi connectivity index (χ1) is 32.8. The molecular formula is C62H122N4. The molecule has 4 nitrogen and oxygen atoms in total. The van der Waals surface area contributed by atoms with Gasteiger partial charge in [0.25, 0.3) is 0 Å². The maximum atomic E-state index is 3.57. The minimum atomic E-state index is 1.16. The Morgan fingerprint density at radius 1 is 0.288 bits per heavy atom. The Balaban J connectivity index is 2.44. The van der Waals surface area contributed by atoms with E-state index in [1.807, 2.05) is 0 Å². The minimum absolute atomic E-state index is 1.16. The molecule has 1 rings (SSSR count). The molecule has 390 valence electrons. The Morgan fingerprint density at radius 3 is 0.818 bits per heavy atom. The Bertz CT molecular complexity index is 942. The second-order valence-electron chi connectivity index (χ2n) is 21.1. The molecule has 0 saturated carbocycles. The van der Waals surface area contributed by atoms with Gasteiger partial charge in [-0.3, -0.25) is 4.90 Å². The number of nitrogens with one attached hydrogen (secondary N) is 1. The van der Waals surface area contributed by atoms with E-state index in [0.29, 0.717) is 0 Å². The molecule has 0 unspecified atom stereocenters. The van der Waals surface area contributed by atoms with E-state index in [0.717, 1.165) is 13.1 Å². The van der Waals surface area contributed by atoms with Crippen LogP contribution in [0.25, 0.3) is 0 Å². The first-order valence-corrected chi connectivity index (χ1v) is 30.6.